The molecule has 4 N–H and O–H groups in total. The molecule has 0 saturated carbocycles. The van der Waals surface area contributed by atoms with Gasteiger partial charge in [-0.05, 0) is 42.3 Å². The van der Waals surface area contributed by atoms with Gasteiger partial charge < -0.3 is 25.4 Å². The Balaban J connectivity index is 1.82. The molecule has 5 heteroatoms. The summed E-state index contributed by atoms with van der Waals surface area (Å²) in [4.78, 5) is 0. The lowest BCUT2D eigenvalue weighted by atomic mass is 10.1. The average Bonchev–Trinajstić information content (AvgIpc) is 2.54. The highest BCUT2D eigenvalue weighted by molar-refractivity contribution is 5.41. The molecule has 0 bridgehead atoms. The first kappa shape index (κ1) is 16.1. The summed E-state index contributed by atoms with van der Waals surface area (Å²) in [5, 5.41) is 31.9. The van der Waals surface area contributed by atoms with E-state index in [1.165, 1.54) is 12.1 Å². The first-order chi connectivity index (χ1) is 10.6. The van der Waals surface area contributed by atoms with Gasteiger partial charge >= 0.3 is 0 Å². The van der Waals surface area contributed by atoms with Crippen molar-refractivity contribution < 1.29 is 20.1 Å². The first-order valence-electron chi connectivity index (χ1n) is 7.14. The minimum atomic E-state index is -0.746. The number of aliphatic hydroxyl groups excluding tert-OH is 1. The SMILES string of the molecule is COc1ccccc1CCNC[C@H](O)c1ccc(O)c(O)c1. The monoisotopic (exact) mass is 303 g/mol. The summed E-state index contributed by atoms with van der Waals surface area (Å²) in [6.07, 6.45) is 0.0431. The highest BCUT2D eigenvalue weighted by Gasteiger charge is 2.10. The lowest BCUT2D eigenvalue weighted by Gasteiger charge is -2.13. The Labute approximate surface area is 129 Å². The van der Waals surface area contributed by atoms with E-state index < -0.39 is 6.10 Å². The van der Waals surface area contributed by atoms with Crippen molar-refractivity contribution in [2.24, 2.45) is 0 Å². The summed E-state index contributed by atoms with van der Waals surface area (Å²) in [6.45, 7) is 1.06. The van der Waals surface area contributed by atoms with Crippen LogP contribution in [-0.2, 0) is 6.42 Å². The van der Waals surface area contributed by atoms with Crippen LogP contribution in [0, 0.1) is 0 Å². The number of phenols is 2. The number of methoxy groups -OCH3 is 1. The number of ether oxygens (including phenoxy) is 1. The standard InChI is InChI=1S/C17H21NO4/c1-22-17-5-3-2-4-12(17)8-9-18-11-16(21)13-6-7-14(19)15(20)10-13/h2-7,10,16,18-21H,8-9,11H2,1H3/t16-/m0/s1. The molecule has 0 amide bonds. The Kier molecular flexibility index (Phi) is 5.63. The zero-order chi connectivity index (χ0) is 15.9. The van der Waals surface area contributed by atoms with Crippen molar-refractivity contribution in [2.75, 3.05) is 20.2 Å². The molecule has 0 unspecified atom stereocenters. The predicted octanol–water partition coefficient (Wildman–Crippen LogP) is 1.97. The Morgan fingerprint density at radius 2 is 1.86 bits per heavy atom. The second-order valence-corrected chi connectivity index (χ2v) is 5.03. The molecule has 2 rings (SSSR count). The third kappa shape index (κ3) is 4.13. The van der Waals surface area contributed by atoms with E-state index in [0.717, 1.165) is 17.7 Å². The normalized spacial score (nSPS) is 12.1. The molecule has 1 atom stereocenters. The Hall–Kier alpha value is -2.24. The zero-order valence-electron chi connectivity index (χ0n) is 12.5. The maximum Gasteiger partial charge on any atom is 0.157 e. The fourth-order valence-electron chi connectivity index (χ4n) is 2.24. The van der Waals surface area contributed by atoms with Crippen LogP contribution in [0.15, 0.2) is 42.5 Å². The molecule has 0 fully saturated rings. The van der Waals surface area contributed by atoms with E-state index >= 15 is 0 Å². The molecule has 0 aliphatic rings. The van der Waals surface area contributed by atoms with Crippen LogP contribution >= 0.6 is 0 Å². The van der Waals surface area contributed by atoms with Crippen LogP contribution in [0.5, 0.6) is 17.2 Å². The molecular formula is C17H21NO4. The number of rotatable bonds is 7. The van der Waals surface area contributed by atoms with Gasteiger partial charge in [-0.1, -0.05) is 24.3 Å². The van der Waals surface area contributed by atoms with Crippen LogP contribution in [0.1, 0.15) is 17.2 Å². The van der Waals surface area contributed by atoms with Crippen molar-refractivity contribution in [3.8, 4) is 17.2 Å². The van der Waals surface area contributed by atoms with Crippen molar-refractivity contribution in [2.45, 2.75) is 12.5 Å². The van der Waals surface area contributed by atoms with Gasteiger partial charge in [-0.15, -0.1) is 0 Å². The third-order valence-corrected chi connectivity index (χ3v) is 3.49. The molecule has 118 valence electrons. The fourth-order valence-corrected chi connectivity index (χ4v) is 2.24. The smallest absolute Gasteiger partial charge is 0.157 e. The number of aliphatic hydroxyl groups is 1. The van der Waals surface area contributed by atoms with Crippen molar-refractivity contribution in [3.05, 3.63) is 53.6 Å². The predicted molar refractivity (Wildman–Crippen MR) is 84.3 cm³/mol. The number of aromatic hydroxyl groups is 2. The van der Waals surface area contributed by atoms with Crippen LogP contribution in [0.25, 0.3) is 0 Å². The third-order valence-electron chi connectivity index (χ3n) is 3.49. The second kappa shape index (κ2) is 7.68. The minimum Gasteiger partial charge on any atom is -0.504 e. The highest BCUT2D eigenvalue weighted by atomic mass is 16.5. The molecule has 0 saturated heterocycles. The maximum atomic E-state index is 10.1. The van der Waals surface area contributed by atoms with Crippen molar-refractivity contribution in [1.29, 1.82) is 0 Å². The minimum absolute atomic E-state index is 0.194. The summed E-state index contributed by atoms with van der Waals surface area (Å²) >= 11 is 0. The van der Waals surface area contributed by atoms with Gasteiger partial charge in [0, 0.05) is 6.54 Å². The molecule has 0 aliphatic heterocycles. The topological polar surface area (TPSA) is 82.0 Å². The van der Waals surface area contributed by atoms with Gasteiger partial charge in [0.15, 0.2) is 11.5 Å². The number of para-hydroxylation sites is 1. The molecule has 0 aromatic heterocycles. The van der Waals surface area contributed by atoms with Gasteiger partial charge in [0.2, 0.25) is 0 Å². The number of phenolic OH excluding ortho intramolecular Hbond substituents is 2. The van der Waals surface area contributed by atoms with E-state index in [0.29, 0.717) is 18.7 Å². The zero-order valence-corrected chi connectivity index (χ0v) is 12.5. The molecule has 0 spiro atoms. The van der Waals surface area contributed by atoms with Crippen LogP contribution in [0.3, 0.4) is 0 Å². The van der Waals surface area contributed by atoms with E-state index in [4.69, 9.17) is 4.74 Å². The maximum absolute atomic E-state index is 10.1. The molecule has 22 heavy (non-hydrogen) atoms. The van der Waals surface area contributed by atoms with Crippen molar-refractivity contribution >= 4 is 0 Å². The number of hydrogen-bond acceptors (Lipinski definition) is 5. The molecule has 0 radical (unpaired) electrons. The highest BCUT2D eigenvalue weighted by Crippen LogP contribution is 2.27. The molecule has 5 nitrogen and oxygen atoms in total. The summed E-state index contributed by atoms with van der Waals surface area (Å²) in [6, 6.07) is 12.1. The molecular weight excluding hydrogens is 282 g/mol. The van der Waals surface area contributed by atoms with Crippen molar-refractivity contribution in [3.63, 3.8) is 0 Å². The van der Waals surface area contributed by atoms with E-state index in [9.17, 15) is 15.3 Å². The quantitative estimate of drug-likeness (QED) is 0.464. The lowest BCUT2D eigenvalue weighted by Crippen LogP contribution is -2.23. The van der Waals surface area contributed by atoms with E-state index in [2.05, 4.69) is 5.32 Å². The van der Waals surface area contributed by atoms with Gasteiger partial charge in [-0.25, -0.2) is 0 Å². The van der Waals surface area contributed by atoms with Crippen LogP contribution in [0.2, 0.25) is 0 Å². The van der Waals surface area contributed by atoms with E-state index in [-0.39, 0.29) is 11.5 Å². The van der Waals surface area contributed by atoms with Gasteiger partial charge in [0.25, 0.3) is 0 Å². The molecule has 2 aromatic carbocycles. The summed E-state index contributed by atoms with van der Waals surface area (Å²) in [7, 11) is 1.65. The van der Waals surface area contributed by atoms with Gasteiger partial charge in [0.05, 0.1) is 13.2 Å². The van der Waals surface area contributed by atoms with Crippen molar-refractivity contribution in [1.82, 2.24) is 5.32 Å². The Morgan fingerprint density at radius 3 is 2.59 bits per heavy atom. The second-order valence-electron chi connectivity index (χ2n) is 5.03. The van der Waals surface area contributed by atoms with Crippen LogP contribution in [0.4, 0.5) is 0 Å². The van der Waals surface area contributed by atoms with Crippen LogP contribution in [-0.4, -0.2) is 35.5 Å². The van der Waals surface area contributed by atoms with Gasteiger partial charge in [0.1, 0.15) is 5.75 Å². The largest absolute Gasteiger partial charge is 0.504 e. The summed E-state index contributed by atoms with van der Waals surface area (Å²) in [5.41, 5.74) is 1.66. The Bertz CT molecular complexity index is 615. The summed E-state index contributed by atoms with van der Waals surface area (Å²) in [5.74, 6) is 0.430. The fraction of sp³-hybridized carbons (Fsp3) is 0.294. The number of benzene rings is 2. The molecule has 2 aromatic rings. The number of hydrogen-bond donors (Lipinski definition) is 4. The molecule has 0 heterocycles. The van der Waals surface area contributed by atoms with E-state index in [1.807, 2.05) is 24.3 Å². The molecule has 0 aliphatic carbocycles. The van der Waals surface area contributed by atoms with Gasteiger partial charge in [-0.2, -0.15) is 0 Å². The summed E-state index contributed by atoms with van der Waals surface area (Å²) < 4.78 is 5.29. The first-order valence-corrected chi connectivity index (χ1v) is 7.14. The van der Waals surface area contributed by atoms with E-state index in [1.54, 1.807) is 13.2 Å². The van der Waals surface area contributed by atoms with Gasteiger partial charge in [-0.3, -0.25) is 0 Å². The lowest BCUT2D eigenvalue weighted by molar-refractivity contribution is 0.174. The number of nitrogens with one attached hydrogen (secondary N) is 1. The van der Waals surface area contributed by atoms with Crippen LogP contribution < -0.4 is 10.1 Å². The Morgan fingerprint density at radius 1 is 1.09 bits per heavy atom. The average molecular weight is 303 g/mol.